The third kappa shape index (κ3) is 2.04. The predicted octanol–water partition coefficient (Wildman–Crippen LogP) is 1.67. The molecule has 9 heteroatoms. The van der Waals surface area contributed by atoms with Crippen LogP contribution >= 0.6 is 0 Å². The van der Waals surface area contributed by atoms with Gasteiger partial charge in [-0.05, 0) is 6.07 Å². The summed E-state index contributed by atoms with van der Waals surface area (Å²) in [5.41, 5.74) is 1.09. The van der Waals surface area contributed by atoms with Crippen LogP contribution in [0.4, 0.5) is 22.0 Å². The smallest absolute Gasteiger partial charge is 0.200 e. The summed E-state index contributed by atoms with van der Waals surface area (Å²) in [4.78, 5) is 0. The van der Waals surface area contributed by atoms with Gasteiger partial charge < -0.3 is 0 Å². The van der Waals surface area contributed by atoms with Gasteiger partial charge in [0.1, 0.15) is 0 Å². The van der Waals surface area contributed by atoms with Gasteiger partial charge in [-0.25, -0.2) is 27.4 Å². The van der Waals surface area contributed by atoms with Gasteiger partial charge in [0.2, 0.25) is 5.82 Å². The van der Waals surface area contributed by atoms with E-state index in [0.29, 0.717) is 0 Å². The number of nitrogens with two attached hydrogens (primary N) is 1. The molecule has 2 rings (SSSR count). The molecule has 4 nitrogen and oxygen atoms in total. The molecule has 108 valence electrons. The lowest BCUT2D eigenvalue weighted by Gasteiger charge is -2.18. The summed E-state index contributed by atoms with van der Waals surface area (Å²) >= 11 is 0. The predicted molar refractivity (Wildman–Crippen MR) is 58.6 cm³/mol. The minimum Gasteiger partial charge on any atom is -0.271 e. The average molecular weight is 292 g/mol. The molecule has 1 heterocycles. The normalized spacial score (nSPS) is 12.8. The van der Waals surface area contributed by atoms with Gasteiger partial charge in [-0.1, -0.05) is 0 Å². The Morgan fingerprint density at radius 1 is 1.05 bits per heavy atom. The van der Waals surface area contributed by atoms with E-state index in [0.717, 1.165) is 0 Å². The number of aromatic nitrogens is 2. The largest absolute Gasteiger partial charge is 0.271 e. The van der Waals surface area contributed by atoms with Crippen LogP contribution in [-0.2, 0) is 7.05 Å². The summed E-state index contributed by atoms with van der Waals surface area (Å²) in [7, 11) is 1.44. The van der Waals surface area contributed by atoms with Crippen molar-refractivity contribution in [2.45, 2.75) is 6.04 Å². The number of halogens is 5. The zero-order chi connectivity index (χ0) is 15.0. The molecular formula is C11H9F5N4. The molecule has 2 aromatic rings. The van der Waals surface area contributed by atoms with E-state index in [1.807, 2.05) is 5.43 Å². The van der Waals surface area contributed by atoms with Gasteiger partial charge in [0.15, 0.2) is 23.3 Å². The molecule has 20 heavy (non-hydrogen) atoms. The zero-order valence-electron chi connectivity index (χ0n) is 10.1. The van der Waals surface area contributed by atoms with Crippen molar-refractivity contribution in [2.75, 3.05) is 0 Å². The van der Waals surface area contributed by atoms with Gasteiger partial charge in [-0.3, -0.25) is 10.5 Å². The van der Waals surface area contributed by atoms with Crippen molar-refractivity contribution in [3.05, 3.63) is 52.6 Å². The van der Waals surface area contributed by atoms with E-state index < -0.39 is 40.7 Å². The Balaban J connectivity index is 2.71. The molecule has 1 aromatic carbocycles. The van der Waals surface area contributed by atoms with Gasteiger partial charge in [0, 0.05) is 13.2 Å². The highest BCUT2D eigenvalue weighted by Crippen LogP contribution is 2.30. The summed E-state index contributed by atoms with van der Waals surface area (Å²) in [5.74, 6) is -4.97. The van der Waals surface area contributed by atoms with E-state index in [1.54, 1.807) is 0 Å². The molecule has 1 atom stereocenters. The molecule has 0 saturated heterocycles. The molecular weight excluding hydrogens is 283 g/mol. The summed E-state index contributed by atoms with van der Waals surface area (Å²) in [6, 6.07) is -0.102. The van der Waals surface area contributed by atoms with E-state index in [4.69, 9.17) is 5.84 Å². The van der Waals surface area contributed by atoms with Crippen LogP contribution in [0.1, 0.15) is 17.3 Å². The quantitative estimate of drug-likeness (QED) is 0.297. The highest BCUT2D eigenvalue weighted by atomic mass is 19.2. The van der Waals surface area contributed by atoms with Crippen LogP contribution < -0.4 is 11.3 Å². The van der Waals surface area contributed by atoms with Crippen molar-refractivity contribution in [3.8, 4) is 0 Å². The van der Waals surface area contributed by atoms with Crippen molar-refractivity contribution in [1.82, 2.24) is 15.2 Å². The lowest BCUT2D eigenvalue weighted by atomic mass is 10.0. The van der Waals surface area contributed by atoms with Crippen LogP contribution in [0.3, 0.4) is 0 Å². The standard InChI is InChI=1S/C11H9F5N4/c1-20-4(2-3-18-20)11(19-17)5-6(12)8(14)10(16)9(15)7(5)13/h2-3,11,19H,17H2,1H3. The van der Waals surface area contributed by atoms with Crippen molar-refractivity contribution in [3.63, 3.8) is 0 Å². The number of hydrogen-bond donors (Lipinski definition) is 2. The number of benzene rings is 1. The maximum absolute atomic E-state index is 13.7. The molecule has 0 aliphatic heterocycles. The Labute approximate surface area is 110 Å². The number of nitrogens with one attached hydrogen (secondary N) is 1. The Morgan fingerprint density at radius 2 is 1.55 bits per heavy atom. The van der Waals surface area contributed by atoms with E-state index in [2.05, 4.69) is 5.10 Å². The van der Waals surface area contributed by atoms with Gasteiger partial charge in [-0.2, -0.15) is 5.10 Å². The van der Waals surface area contributed by atoms with Crippen molar-refractivity contribution in [2.24, 2.45) is 12.9 Å². The lowest BCUT2D eigenvalue weighted by Crippen LogP contribution is -2.32. The Kier molecular flexibility index (Phi) is 3.73. The Hall–Kier alpha value is -2.00. The number of hydrogen-bond acceptors (Lipinski definition) is 3. The second kappa shape index (κ2) is 5.17. The summed E-state index contributed by atoms with van der Waals surface area (Å²) in [6.45, 7) is 0. The monoisotopic (exact) mass is 292 g/mol. The fraction of sp³-hybridized carbons (Fsp3) is 0.182. The van der Waals surface area contributed by atoms with Crippen LogP contribution in [0.5, 0.6) is 0 Å². The van der Waals surface area contributed by atoms with Gasteiger partial charge in [0.25, 0.3) is 0 Å². The van der Waals surface area contributed by atoms with Crippen molar-refractivity contribution in [1.29, 1.82) is 0 Å². The number of aryl methyl sites for hydroxylation is 1. The minimum absolute atomic E-state index is 0.135. The van der Waals surface area contributed by atoms with Gasteiger partial charge in [0.05, 0.1) is 17.3 Å². The molecule has 0 saturated carbocycles. The SMILES string of the molecule is Cn1nccc1C(NN)c1c(F)c(F)c(F)c(F)c1F. The number of rotatable bonds is 3. The molecule has 1 unspecified atom stereocenters. The summed E-state index contributed by atoms with van der Waals surface area (Å²) in [6.07, 6.45) is 1.30. The van der Waals surface area contributed by atoms with Crippen LogP contribution in [0.25, 0.3) is 0 Å². The van der Waals surface area contributed by atoms with Gasteiger partial charge >= 0.3 is 0 Å². The first kappa shape index (κ1) is 14.4. The molecule has 0 spiro atoms. The van der Waals surface area contributed by atoms with Crippen LogP contribution in [0.2, 0.25) is 0 Å². The number of hydrazine groups is 1. The Morgan fingerprint density at radius 3 is 1.95 bits per heavy atom. The zero-order valence-corrected chi connectivity index (χ0v) is 10.1. The lowest BCUT2D eigenvalue weighted by molar-refractivity contribution is 0.360. The third-order valence-corrected chi connectivity index (χ3v) is 2.85. The third-order valence-electron chi connectivity index (χ3n) is 2.85. The van der Waals surface area contributed by atoms with Crippen molar-refractivity contribution >= 4 is 0 Å². The second-order valence-corrected chi connectivity index (χ2v) is 3.96. The first-order valence-electron chi connectivity index (χ1n) is 5.35. The molecule has 3 N–H and O–H groups in total. The summed E-state index contributed by atoms with van der Waals surface area (Å²) < 4.78 is 68.0. The highest BCUT2D eigenvalue weighted by molar-refractivity contribution is 5.32. The van der Waals surface area contributed by atoms with Crippen molar-refractivity contribution < 1.29 is 22.0 Å². The molecule has 0 amide bonds. The first-order chi connectivity index (χ1) is 9.40. The van der Waals surface area contributed by atoms with Crippen LogP contribution in [-0.4, -0.2) is 9.78 Å². The maximum Gasteiger partial charge on any atom is 0.200 e. The van der Waals surface area contributed by atoms with Crippen LogP contribution in [0.15, 0.2) is 12.3 Å². The minimum atomic E-state index is -2.22. The summed E-state index contributed by atoms with van der Waals surface area (Å²) in [5, 5.41) is 3.75. The average Bonchev–Trinajstić information content (AvgIpc) is 2.85. The fourth-order valence-corrected chi connectivity index (χ4v) is 1.86. The molecule has 1 aromatic heterocycles. The topological polar surface area (TPSA) is 55.9 Å². The highest BCUT2D eigenvalue weighted by Gasteiger charge is 2.31. The van der Waals surface area contributed by atoms with E-state index in [1.165, 1.54) is 24.0 Å². The van der Waals surface area contributed by atoms with E-state index in [9.17, 15) is 22.0 Å². The Bertz CT molecular complexity index is 625. The molecule has 0 aliphatic carbocycles. The first-order valence-corrected chi connectivity index (χ1v) is 5.35. The van der Waals surface area contributed by atoms with Crippen LogP contribution in [0, 0.1) is 29.1 Å². The van der Waals surface area contributed by atoms with Gasteiger partial charge in [-0.15, -0.1) is 0 Å². The van der Waals surface area contributed by atoms with E-state index >= 15 is 0 Å². The fourth-order valence-electron chi connectivity index (χ4n) is 1.86. The molecule has 0 bridgehead atoms. The maximum atomic E-state index is 13.7. The molecule has 0 radical (unpaired) electrons. The second-order valence-electron chi connectivity index (χ2n) is 3.96. The molecule has 0 fully saturated rings. The van der Waals surface area contributed by atoms with E-state index in [-0.39, 0.29) is 5.69 Å². The molecule has 0 aliphatic rings. The number of nitrogens with zero attached hydrogens (tertiary/aromatic N) is 2.